The van der Waals surface area contributed by atoms with Crippen LogP contribution in [0.15, 0.2) is 48.5 Å². The Bertz CT molecular complexity index is 1220. The maximum Gasteiger partial charge on any atom is 0.416 e. The molecule has 1 N–H and O–H groups in total. The number of ether oxygens (including phenoxy) is 1. The molecule has 0 aliphatic carbocycles. The minimum atomic E-state index is -4.64. The number of amides is 2. The second-order valence-corrected chi connectivity index (χ2v) is 11.6. The van der Waals surface area contributed by atoms with Crippen LogP contribution in [0.4, 0.5) is 18.9 Å². The van der Waals surface area contributed by atoms with Gasteiger partial charge in [0, 0.05) is 26.1 Å². The Hall–Kier alpha value is -3.28. The second-order valence-electron chi connectivity index (χ2n) is 9.67. The van der Waals surface area contributed by atoms with E-state index in [9.17, 15) is 31.2 Å². The maximum absolute atomic E-state index is 13.3. The van der Waals surface area contributed by atoms with Crippen molar-refractivity contribution in [3.8, 4) is 5.75 Å². The number of halogens is 3. The van der Waals surface area contributed by atoms with E-state index in [0.717, 1.165) is 34.3 Å². The van der Waals surface area contributed by atoms with Gasteiger partial charge in [-0.3, -0.25) is 13.9 Å². The summed E-state index contributed by atoms with van der Waals surface area (Å²) in [7, 11) is -2.40. The predicted molar refractivity (Wildman–Crippen MR) is 144 cm³/mol. The summed E-state index contributed by atoms with van der Waals surface area (Å²) < 4.78 is 70.4. The quantitative estimate of drug-likeness (QED) is 0.383. The third-order valence-electron chi connectivity index (χ3n) is 5.98. The molecule has 0 radical (unpaired) electrons. The summed E-state index contributed by atoms with van der Waals surface area (Å²) in [6.07, 6.45) is -3.83. The first-order chi connectivity index (χ1) is 18.1. The molecule has 2 aromatic carbocycles. The van der Waals surface area contributed by atoms with Crippen molar-refractivity contribution in [3.05, 3.63) is 59.7 Å². The van der Waals surface area contributed by atoms with E-state index in [-0.39, 0.29) is 43.4 Å². The molecule has 2 amide bonds. The van der Waals surface area contributed by atoms with E-state index in [2.05, 4.69) is 5.32 Å². The minimum Gasteiger partial charge on any atom is -0.497 e. The number of hydrogen-bond donors (Lipinski definition) is 1. The van der Waals surface area contributed by atoms with E-state index in [1.807, 2.05) is 13.8 Å². The summed E-state index contributed by atoms with van der Waals surface area (Å²) in [4.78, 5) is 27.5. The molecule has 8 nitrogen and oxygen atoms in total. The fourth-order valence-electron chi connectivity index (χ4n) is 3.80. The number of carbonyl (C=O) groups is 2. The van der Waals surface area contributed by atoms with Crippen LogP contribution in [-0.2, 0) is 32.3 Å². The number of benzene rings is 2. The van der Waals surface area contributed by atoms with Crippen LogP contribution in [0, 0.1) is 5.92 Å². The molecular weight excluding hydrogens is 535 g/mol. The normalized spacial score (nSPS) is 12.6. The molecule has 39 heavy (non-hydrogen) atoms. The highest BCUT2D eigenvalue weighted by Gasteiger charge is 2.32. The molecule has 0 unspecified atom stereocenters. The molecule has 0 aliphatic rings. The van der Waals surface area contributed by atoms with E-state index >= 15 is 0 Å². The second kappa shape index (κ2) is 13.7. The zero-order chi connectivity index (χ0) is 29.4. The van der Waals surface area contributed by atoms with Gasteiger partial charge in [-0.2, -0.15) is 13.2 Å². The Kier molecular flexibility index (Phi) is 11.2. The summed E-state index contributed by atoms with van der Waals surface area (Å²) in [6.45, 7) is 5.86. The van der Waals surface area contributed by atoms with Crippen LogP contribution >= 0.6 is 0 Å². The molecule has 1 atom stereocenters. The first kappa shape index (κ1) is 31.9. The van der Waals surface area contributed by atoms with Crippen LogP contribution in [0.3, 0.4) is 0 Å². The summed E-state index contributed by atoms with van der Waals surface area (Å²) in [5.41, 5.74) is -0.359. The molecule has 0 fully saturated rings. The molecule has 0 bridgehead atoms. The number of carbonyl (C=O) groups excluding carboxylic acids is 2. The number of hydrogen-bond acceptors (Lipinski definition) is 5. The highest BCUT2D eigenvalue weighted by Crippen LogP contribution is 2.32. The number of anilines is 1. The SMILES string of the molecule is COc1ccc(CN(C(=O)CCCN(c2cccc(C(F)(F)F)c2)S(C)(=O)=O)[C@@H](C)C(=O)NCC(C)C)cc1. The van der Waals surface area contributed by atoms with E-state index in [0.29, 0.717) is 12.3 Å². The molecule has 2 rings (SSSR count). The van der Waals surface area contributed by atoms with Gasteiger partial charge in [0.15, 0.2) is 0 Å². The highest BCUT2D eigenvalue weighted by atomic mass is 32.2. The fourth-order valence-corrected chi connectivity index (χ4v) is 4.76. The van der Waals surface area contributed by atoms with Gasteiger partial charge in [-0.05, 0) is 55.2 Å². The van der Waals surface area contributed by atoms with Gasteiger partial charge >= 0.3 is 6.18 Å². The van der Waals surface area contributed by atoms with Crippen molar-refractivity contribution in [1.82, 2.24) is 10.2 Å². The number of methoxy groups -OCH3 is 1. The molecule has 2 aromatic rings. The lowest BCUT2D eigenvalue weighted by Gasteiger charge is -2.30. The van der Waals surface area contributed by atoms with Crippen molar-refractivity contribution < 1.29 is 35.9 Å². The number of nitrogens with zero attached hydrogens (tertiary/aromatic N) is 2. The topological polar surface area (TPSA) is 96.0 Å². The van der Waals surface area contributed by atoms with Crippen LogP contribution in [0.25, 0.3) is 0 Å². The lowest BCUT2D eigenvalue weighted by molar-refractivity contribution is -0.140. The van der Waals surface area contributed by atoms with E-state index in [1.165, 1.54) is 18.1 Å². The van der Waals surface area contributed by atoms with Gasteiger partial charge in [0.2, 0.25) is 21.8 Å². The minimum absolute atomic E-state index is 0.0294. The monoisotopic (exact) mass is 571 g/mol. The summed E-state index contributed by atoms with van der Waals surface area (Å²) in [5.74, 6) is 0.127. The van der Waals surface area contributed by atoms with Crippen LogP contribution in [-0.4, -0.2) is 57.6 Å². The lowest BCUT2D eigenvalue weighted by atomic mass is 10.1. The van der Waals surface area contributed by atoms with Crippen LogP contribution < -0.4 is 14.4 Å². The van der Waals surface area contributed by atoms with Gasteiger partial charge in [-0.25, -0.2) is 8.42 Å². The van der Waals surface area contributed by atoms with Gasteiger partial charge < -0.3 is 15.0 Å². The summed E-state index contributed by atoms with van der Waals surface area (Å²) >= 11 is 0. The number of nitrogens with one attached hydrogen (secondary N) is 1. The molecule has 12 heteroatoms. The standard InChI is InChI=1S/C27H36F3N3O5S/c1-19(2)17-31-26(35)20(3)32(18-21-11-13-24(38-4)14-12-21)25(34)10-7-15-33(39(5,36)37)23-9-6-8-22(16-23)27(28,29)30/h6,8-9,11-14,16,19-20H,7,10,15,17-18H2,1-5H3,(H,31,35)/t20-/m0/s1. The molecular formula is C27H36F3N3O5S. The first-order valence-corrected chi connectivity index (χ1v) is 14.3. The van der Waals surface area contributed by atoms with Crippen molar-refractivity contribution in [1.29, 1.82) is 0 Å². The Balaban J connectivity index is 2.21. The Morgan fingerprint density at radius 2 is 1.69 bits per heavy atom. The van der Waals surface area contributed by atoms with Crippen LogP contribution in [0.1, 0.15) is 44.7 Å². The predicted octanol–water partition coefficient (Wildman–Crippen LogP) is 4.45. The molecule has 0 saturated carbocycles. The number of sulfonamides is 1. The van der Waals surface area contributed by atoms with E-state index in [1.54, 1.807) is 31.2 Å². The molecule has 0 aliphatic heterocycles. The van der Waals surface area contributed by atoms with E-state index in [4.69, 9.17) is 4.74 Å². The van der Waals surface area contributed by atoms with Crippen molar-refractivity contribution in [2.45, 2.75) is 52.4 Å². The molecule has 0 saturated heterocycles. The van der Waals surface area contributed by atoms with E-state index < -0.39 is 33.7 Å². The average Bonchev–Trinajstić information content (AvgIpc) is 2.87. The Morgan fingerprint density at radius 3 is 2.23 bits per heavy atom. The number of alkyl halides is 3. The van der Waals surface area contributed by atoms with Gasteiger partial charge in [0.25, 0.3) is 0 Å². The van der Waals surface area contributed by atoms with Crippen LogP contribution in [0.2, 0.25) is 0 Å². The summed E-state index contributed by atoms with van der Waals surface area (Å²) in [6, 6.07) is 10.2. The molecule has 216 valence electrons. The molecule has 0 spiro atoms. The Morgan fingerprint density at radius 1 is 1.05 bits per heavy atom. The first-order valence-electron chi connectivity index (χ1n) is 12.5. The fraction of sp³-hybridized carbons (Fsp3) is 0.481. The summed E-state index contributed by atoms with van der Waals surface area (Å²) in [5, 5.41) is 2.82. The third kappa shape index (κ3) is 9.76. The average molecular weight is 572 g/mol. The highest BCUT2D eigenvalue weighted by molar-refractivity contribution is 7.92. The van der Waals surface area contributed by atoms with Crippen molar-refractivity contribution in [2.75, 3.05) is 30.8 Å². The molecule has 0 aromatic heterocycles. The van der Waals surface area contributed by atoms with Crippen molar-refractivity contribution in [2.24, 2.45) is 5.92 Å². The Labute approximate surface area is 228 Å². The van der Waals surface area contributed by atoms with Gasteiger partial charge in [0.1, 0.15) is 11.8 Å². The van der Waals surface area contributed by atoms with Gasteiger partial charge in [-0.15, -0.1) is 0 Å². The van der Waals surface area contributed by atoms with Crippen molar-refractivity contribution in [3.63, 3.8) is 0 Å². The third-order valence-corrected chi connectivity index (χ3v) is 7.17. The zero-order valence-electron chi connectivity index (χ0n) is 22.8. The van der Waals surface area contributed by atoms with Gasteiger partial charge in [0.05, 0.1) is 24.6 Å². The smallest absolute Gasteiger partial charge is 0.416 e. The zero-order valence-corrected chi connectivity index (χ0v) is 23.6. The lowest BCUT2D eigenvalue weighted by Crippen LogP contribution is -2.48. The molecule has 0 heterocycles. The van der Waals surface area contributed by atoms with Gasteiger partial charge in [-0.1, -0.05) is 32.0 Å². The number of rotatable bonds is 13. The largest absolute Gasteiger partial charge is 0.497 e. The van der Waals surface area contributed by atoms with Crippen molar-refractivity contribution >= 4 is 27.5 Å². The van der Waals surface area contributed by atoms with Crippen LogP contribution in [0.5, 0.6) is 5.75 Å². The maximum atomic E-state index is 13.3.